The summed E-state index contributed by atoms with van der Waals surface area (Å²) in [5, 5.41) is 6.19. The lowest BCUT2D eigenvalue weighted by Crippen LogP contribution is -2.23. The summed E-state index contributed by atoms with van der Waals surface area (Å²) < 4.78 is 10.6. The van der Waals surface area contributed by atoms with E-state index in [1.807, 2.05) is 54.6 Å². The Kier molecular flexibility index (Phi) is 6.46. The fourth-order valence-electron chi connectivity index (χ4n) is 2.73. The zero-order valence-electron chi connectivity index (χ0n) is 15.9. The Labute approximate surface area is 164 Å². The van der Waals surface area contributed by atoms with Crippen molar-refractivity contribution >= 4 is 11.6 Å². The quantitative estimate of drug-likeness (QED) is 0.627. The molecule has 2 aromatic carbocycles. The molecule has 3 aromatic rings. The van der Waals surface area contributed by atoms with Crippen LogP contribution in [-0.4, -0.2) is 25.1 Å². The Balaban J connectivity index is 1.61. The van der Waals surface area contributed by atoms with Crippen molar-refractivity contribution in [3.63, 3.8) is 0 Å². The average Bonchev–Trinajstić information content (AvgIpc) is 2.76. The van der Waals surface area contributed by atoms with Gasteiger partial charge in [0.15, 0.2) is 11.5 Å². The zero-order chi connectivity index (χ0) is 19.8. The highest BCUT2D eigenvalue weighted by atomic mass is 16.5. The number of methoxy groups -OCH3 is 2. The molecule has 1 amide bonds. The third kappa shape index (κ3) is 5.01. The first-order chi connectivity index (χ1) is 13.7. The van der Waals surface area contributed by atoms with Crippen LogP contribution in [0.15, 0.2) is 66.9 Å². The van der Waals surface area contributed by atoms with Gasteiger partial charge in [0.2, 0.25) is 0 Å². The van der Waals surface area contributed by atoms with Crippen LogP contribution >= 0.6 is 0 Å². The number of hydrogen-bond donors (Lipinski definition) is 2. The molecule has 0 spiro atoms. The molecule has 144 valence electrons. The minimum absolute atomic E-state index is 0.210. The van der Waals surface area contributed by atoms with Gasteiger partial charge in [0, 0.05) is 25.0 Å². The molecule has 0 saturated heterocycles. The van der Waals surface area contributed by atoms with Crippen LogP contribution in [0, 0.1) is 0 Å². The van der Waals surface area contributed by atoms with Crippen molar-refractivity contribution in [3.8, 4) is 11.5 Å². The molecule has 0 aliphatic carbocycles. The molecule has 1 heterocycles. The summed E-state index contributed by atoms with van der Waals surface area (Å²) >= 11 is 0. The van der Waals surface area contributed by atoms with Crippen molar-refractivity contribution in [1.82, 2.24) is 10.3 Å². The van der Waals surface area contributed by atoms with Gasteiger partial charge in [0.05, 0.1) is 14.2 Å². The lowest BCUT2D eigenvalue weighted by atomic mass is 10.2. The Morgan fingerprint density at radius 3 is 2.43 bits per heavy atom. The van der Waals surface area contributed by atoms with Gasteiger partial charge in [-0.1, -0.05) is 36.4 Å². The van der Waals surface area contributed by atoms with Gasteiger partial charge < -0.3 is 20.1 Å². The summed E-state index contributed by atoms with van der Waals surface area (Å²) in [6, 6.07) is 19.1. The first kappa shape index (κ1) is 19.2. The molecule has 6 heteroatoms. The minimum Gasteiger partial charge on any atom is -0.493 e. The molecule has 0 aliphatic rings. The highest BCUT2D eigenvalue weighted by Gasteiger charge is 2.08. The fraction of sp³-hybridized carbons (Fsp3) is 0.182. The number of amides is 1. The predicted octanol–water partition coefficient (Wildman–Crippen LogP) is 3.64. The molecule has 6 nitrogen and oxygen atoms in total. The van der Waals surface area contributed by atoms with Crippen LogP contribution in [0.3, 0.4) is 0 Å². The molecule has 0 saturated carbocycles. The van der Waals surface area contributed by atoms with Gasteiger partial charge in [-0.3, -0.25) is 9.78 Å². The van der Waals surface area contributed by atoms with E-state index in [9.17, 15) is 4.79 Å². The molecular formula is C22H23N3O3. The van der Waals surface area contributed by atoms with E-state index in [4.69, 9.17) is 9.47 Å². The van der Waals surface area contributed by atoms with Crippen LogP contribution in [-0.2, 0) is 13.1 Å². The Morgan fingerprint density at radius 1 is 0.893 bits per heavy atom. The van der Waals surface area contributed by atoms with Gasteiger partial charge in [-0.2, -0.15) is 0 Å². The topological polar surface area (TPSA) is 72.5 Å². The number of nitrogens with one attached hydrogen (secondary N) is 2. The molecule has 2 N–H and O–H groups in total. The number of pyridine rings is 1. The largest absolute Gasteiger partial charge is 0.493 e. The van der Waals surface area contributed by atoms with E-state index in [1.165, 1.54) is 0 Å². The van der Waals surface area contributed by atoms with Crippen LogP contribution in [0.1, 0.15) is 21.6 Å². The van der Waals surface area contributed by atoms with Gasteiger partial charge in [0.1, 0.15) is 5.69 Å². The lowest BCUT2D eigenvalue weighted by molar-refractivity contribution is 0.0946. The number of aromatic nitrogens is 1. The van der Waals surface area contributed by atoms with Gasteiger partial charge in [-0.05, 0) is 35.4 Å². The van der Waals surface area contributed by atoms with Crippen molar-refractivity contribution in [1.29, 1.82) is 0 Å². The van der Waals surface area contributed by atoms with E-state index < -0.39 is 0 Å². The van der Waals surface area contributed by atoms with Crippen molar-refractivity contribution in [2.45, 2.75) is 13.1 Å². The van der Waals surface area contributed by atoms with E-state index in [0.717, 1.165) is 16.8 Å². The van der Waals surface area contributed by atoms with E-state index in [0.29, 0.717) is 30.3 Å². The maximum atomic E-state index is 12.4. The van der Waals surface area contributed by atoms with Crippen LogP contribution < -0.4 is 20.1 Å². The minimum atomic E-state index is -0.210. The van der Waals surface area contributed by atoms with Gasteiger partial charge in [-0.15, -0.1) is 0 Å². The Morgan fingerprint density at radius 2 is 1.68 bits per heavy atom. The Bertz CT molecular complexity index is 929. The van der Waals surface area contributed by atoms with Gasteiger partial charge >= 0.3 is 0 Å². The number of nitrogens with zero attached hydrogens (tertiary/aromatic N) is 1. The predicted molar refractivity (Wildman–Crippen MR) is 109 cm³/mol. The maximum Gasteiger partial charge on any atom is 0.270 e. The summed E-state index contributed by atoms with van der Waals surface area (Å²) in [6.45, 7) is 1.04. The number of anilines is 1. The van der Waals surface area contributed by atoms with E-state index in [-0.39, 0.29) is 5.91 Å². The summed E-state index contributed by atoms with van der Waals surface area (Å²) in [5.41, 5.74) is 3.26. The van der Waals surface area contributed by atoms with Crippen molar-refractivity contribution in [2.24, 2.45) is 0 Å². The standard InChI is InChI=1S/C22H23N3O3/c1-27-20-9-8-17(12-21(20)28-2)15-24-18-10-11-23-19(13-18)22(26)25-14-16-6-4-3-5-7-16/h3-13H,14-15H2,1-2H3,(H,23,24)(H,25,26). The molecule has 3 rings (SSSR count). The summed E-state index contributed by atoms with van der Waals surface area (Å²) in [5.74, 6) is 1.16. The molecule has 0 atom stereocenters. The highest BCUT2D eigenvalue weighted by molar-refractivity contribution is 5.93. The second-order valence-corrected chi connectivity index (χ2v) is 6.14. The fourth-order valence-corrected chi connectivity index (χ4v) is 2.73. The average molecular weight is 377 g/mol. The number of carbonyl (C=O) groups excluding carboxylic acids is 1. The molecule has 0 fully saturated rings. The van der Waals surface area contributed by atoms with E-state index in [1.54, 1.807) is 26.5 Å². The number of hydrogen-bond acceptors (Lipinski definition) is 5. The number of rotatable bonds is 8. The Hall–Kier alpha value is -3.54. The zero-order valence-corrected chi connectivity index (χ0v) is 15.9. The van der Waals surface area contributed by atoms with Crippen LogP contribution in [0.25, 0.3) is 0 Å². The van der Waals surface area contributed by atoms with E-state index >= 15 is 0 Å². The normalized spacial score (nSPS) is 10.2. The van der Waals surface area contributed by atoms with Crippen molar-refractivity contribution in [2.75, 3.05) is 19.5 Å². The smallest absolute Gasteiger partial charge is 0.270 e. The van der Waals surface area contributed by atoms with Gasteiger partial charge in [0.25, 0.3) is 5.91 Å². The summed E-state index contributed by atoms with van der Waals surface area (Å²) in [7, 11) is 3.22. The molecule has 0 bridgehead atoms. The third-order valence-electron chi connectivity index (χ3n) is 4.23. The summed E-state index contributed by atoms with van der Waals surface area (Å²) in [6.07, 6.45) is 1.62. The van der Waals surface area contributed by atoms with E-state index in [2.05, 4.69) is 15.6 Å². The van der Waals surface area contributed by atoms with Gasteiger partial charge in [-0.25, -0.2) is 0 Å². The highest BCUT2D eigenvalue weighted by Crippen LogP contribution is 2.27. The van der Waals surface area contributed by atoms with Crippen LogP contribution in [0.5, 0.6) is 11.5 Å². The molecule has 0 aliphatic heterocycles. The summed E-state index contributed by atoms with van der Waals surface area (Å²) in [4.78, 5) is 16.5. The van der Waals surface area contributed by atoms with Crippen LogP contribution in [0.4, 0.5) is 5.69 Å². The molecule has 1 aromatic heterocycles. The first-order valence-corrected chi connectivity index (χ1v) is 8.92. The monoisotopic (exact) mass is 377 g/mol. The SMILES string of the molecule is COc1ccc(CNc2ccnc(C(=O)NCc3ccccc3)c2)cc1OC. The lowest BCUT2D eigenvalue weighted by Gasteiger charge is -2.11. The molecule has 0 radical (unpaired) electrons. The molecule has 28 heavy (non-hydrogen) atoms. The number of benzene rings is 2. The second-order valence-electron chi connectivity index (χ2n) is 6.14. The molecule has 0 unspecified atom stereocenters. The second kappa shape index (κ2) is 9.41. The maximum absolute atomic E-state index is 12.4. The third-order valence-corrected chi connectivity index (χ3v) is 4.23. The van der Waals surface area contributed by atoms with Crippen LogP contribution in [0.2, 0.25) is 0 Å². The molecular weight excluding hydrogens is 354 g/mol. The first-order valence-electron chi connectivity index (χ1n) is 8.92. The van der Waals surface area contributed by atoms with Crippen molar-refractivity contribution < 1.29 is 14.3 Å². The van der Waals surface area contributed by atoms with Crippen molar-refractivity contribution in [3.05, 3.63) is 83.7 Å². The number of carbonyl (C=O) groups is 1. The number of ether oxygens (including phenoxy) is 2.